The second-order valence-electron chi connectivity index (χ2n) is 5.93. The Kier molecular flexibility index (Phi) is 4.57. The Morgan fingerprint density at radius 2 is 1.63 bits per heavy atom. The first kappa shape index (κ1) is 18.4. The maximum absolute atomic E-state index is 12.6. The number of halogens is 3. The van der Waals surface area contributed by atoms with Crippen LogP contribution in [0, 0.1) is 17.0 Å². The fourth-order valence-corrected chi connectivity index (χ4v) is 2.72. The molecule has 0 aliphatic carbocycles. The van der Waals surface area contributed by atoms with Crippen molar-refractivity contribution in [1.82, 2.24) is 4.57 Å². The van der Waals surface area contributed by atoms with Crippen LogP contribution in [-0.2, 0) is 6.18 Å². The summed E-state index contributed by atoms with van der Waals surface area (Å²) in [7, 11) is 0. The molecule has 1 heterocycles. The van der Waals surface area contributed by atoms with E-state index in [2.05, 4.69) is 0 Å². The van der Waals surface area contributed by atoms with Gasteiger partial charge in [0.2, 0.25) is 0 Å². The van der Waals surface area contributed by atoms with Gasteiger partial charge >= 0.3 is 6.18 Å². The molecule has 0 N–H and O–H groups in total. The second kappa shape index (κ2) is 6.71. The van der Waals surface area contributed by atoms with Crippen LogP contribution in [0.5, 0.6) is 0 Å². The topological polar surface area (TPSA) is 65.1 Å². The molecule has 1 aromatic heterocycles. The SMILES string of the molecule is Cc1cc(-n2ccc(-c3ccc(C(F)(F)F)cc3)cc2=O)ccc1[N+](=O)[O-]. The molecule has 0 saturated carbocycles. The average molecular weight is 374 g/mol. The summed E-state index contributed by atoms with van der Waals surface area (Å²) >= 11 is 0. The first-order valence-corrected chi connectivity index (χ1v) is 7.82. The van der Waals surface area contributed by atoms with Crippen molar-refractivity contribution >= 4 is 5.69 Å². The molecule has 0 amide bonds. The minimum absolute atomic E-state index is 0.0480. The standard InChI is InChI=1S/C19H13F3N2O3/c1-12-10-16(6-7-17(12)24(26)27)23-9-8-14(11-18(23)25)13-2-4-15(5-3-13)19(20,21)22/h2-11H,1H3. The van der Waals surface area contributed by atoms with E-state index in [0.717, 1.165) is 12.1 Å². The van der Waals surface area contributed by atoms with E-state index < -0.39 is 22.2 Å². The van der Waals surface area contributed by atoms with Gasteiger partial charge in [0.05, 0.1) is 10.5 Å². The van der Waals surface area contributed by atoms with Gasteiger partial charge in [-0.1, -0.05) is 12.1 Å². The summed E-state index contributed by atoms with van der Waals surface area (Å²) in [4.78, 5) is 22.8. The summed E-state index contributed by atoms with van der Waals surface area (Å²) in [6.45, 7) is 1.57. The maximum Gasteiger partial charge on any atom is 0.416 e. The molecular formula is C19H13F3N2O3. The number of pyridine rings is 1. The molecule has 0 radical (unpaired) electrons. The summed E-state index contributed by atoms with van der Waals surface area (Å²) in [5, 5.41) is 10.9. The zero-order valence-corrected chi connectivity index (χ0v) is 14.0. The van der Waals surface area contributed by atoms with E-state index in [1.807, 2.05) is 0 Å². The number of rotatable bonds is 3. The normalized spacial score (nSPS) is 11.4. The van der Waals surface area contributed by atoms with Gasteiger partial charge in [-0.15, -0.1) is 0 Å². The number of benzene rings is 2. The van der Waals surface area contributed by atoms with E-state index in [9.17, 15) is 28.1 Å². The van der Waals surface area contributed by atoms with Crippen molar-refractivity contribution in [2.45, 2.75) is 13.1 Å². The van der Waals surface area contributed by atoms with Gasteiger partial charge < -0.3 is 0 Å². The van der Waals surface area contributed by atoms with E-state index >= 15 is 0 Å². The Hall–Kier alpha value is -3.42. The minimum Gasteiger partial charge on any atom is -0.284 e. The third-order valence-corrected chi connectivity index (χ3v) is 4.12. The van der Waals surface area contributed by atoms with E-state index in [1.54, 1.807) is 13.0 Å². The number of nitro groups is 1. The first-order valence-electron chi connectivity index (χ1n) is 7.82. The molecule has 0 unspecified atom stereocenters. The van der Waals surface area contributed by atoms with Crippen molar-refractivity contribution in [2.75, 3.05) is 0 Å². The van der Waals surface area contributed by atoms with Gasteiger partial charge in [-0.25, -0.2) is 0 Å². The molecule has 3 aromatic rings. The lowest BCUT2D eigenvalue weighted by Crippen LogP contribution is -2.16. The zero-order valence-electron chi connectivity index (χ0n) is 14.0. The Morgan fingerprint density at radius 1 is 0.963 bits per heavy atom. The molecule has 0 aliphatic rings. The molecule has 8 heteroatoms. The summed E-state index contributed by atoms with van der Waals surface area (Å²) < 4.78 is 39.2. The summed E-state index contributed by atoms with van der Waals surface area (Å²) in [5.74, 6) is 0. The Labute approximate surface area is 151 Å². The van der Waals surface area contributed by atoms with Crippen LogP contribution in [0.15, 0.2) is 65.6 Å². The molecule has 0 fully saturated rings. The smallest absolute Gasteiger partial charge is 0.284 e. The minimum atomic E-state index is -4.42. The third kappa shape index (κ3) is 3.74. The number of hydrogen-bond acceptors (Lipinski definition) is 3. The van der Waals surface area contributed by atoms with Crippen molar-refractivity contribution in [3.8, 4) is 16.8 Å². The van der Waals surface area contributed by atoms with E-state index in [4.69, 9.17) is 0 Å². The zero-order chi connectivity index (χ0) is 19.8. The summed E-state index contributed by atoms with van der Waals surface area (Å²) in [6, 6.07) is 11.7. The molecule has 0 atom stereocenters. The molecule has 0 bridgehead atoms. The van der Waals surface area contributed by atoms with Gasteiger partial charge in [-0.2, -0.15) is 13.2 Å². The van der Waals surface area contributed by atoms with Crippen molar-refractivity contribution in [3.05, 3.63) is 92.4 Å². The van der Waals surface area contributed by atoms with Crippen molar-refractivity contribution < 1.29 is 18.1 Å². The molecule has 27 heavy (non-hydrogen) atoms. The van der Waals surface area contributed by atoms with Gasteiger partial charge in [0.15, 0.2) is 0 Å². The van der Waals surface area contributed by atoms with Crippen LogP contribution >= 0.6 is 0 Å². The van der Waals surface area contributed by atoms with E-state index in [0.29, 0.717) is 22.4 Å². The Balaban J connectivity index is 1.96. The van der Waals surface area contributed by atoms with Crippen LogP contribution in [0.1, 0.15) is 11.1 Å². The monoisotopic (exact) mass is 374 g/mol. The lowest BCUT2D eigenvalue weighted by Gasteiger charge is -2.10. The number of aromatic nitrogens is 1. The van der Waals surface area contributed by atoms with E-state index in [-0.39, 0.29) is 5.69 Å². The highest BCUT2D eigenvalue weighted by Crippen LogP contribution is 2.30. The highest BCUT2D eigenvalue weighted by atomic mass is 19.4. The largest absolute Gasteiger partial charge is 0.416 e. The number of aryl methyl sites for hydroxylation is 1. The molecule has 0 saturated heterocycles. The van der Waals surface area contributed by atoms with Crippen LogP contribution in [0.4, 0.5) is 18.9 Å². The van der Waals surface area contributed by atoms with Crippen LogP contribution in [0.25, 0.3) is 16.8 Å². The summed E-state index contributed by atoms with van der Waals surface area (Å²) in [5.41, 5.74) is 0.615. The maximum atomic E-state index is 12.6. The number of nitro benzene ring substituents is 1. The van der Waals surface area contributed by atoms with Crippen LogP contribution in [-0.4, -0.2) is 9.49 Å². The fraction of sp³-hybridized carbons (Fsp3) is 0.105. The van der Waals surface area contributed by atoms with Crippen LogP contribution < -0.4 is 5.56 Å². The molecule has 2 aromatic carbocycles. The highest BCUT2D eigenvalue weighted by molar-refractivity contribution is 5.63. The lowest BCUT2D eigenvalue weighted by atomic mass is 10.0. The molecule has 5 nitrogen and oxygen atoms in total. The van der Waals surface area contributed by atoms with Crippen molar-refractivity contribution in [3.63, 3.8) is 0 Å². The second-order valence-corrected chi connectivity index (χ2v) is 5.93. The van der Waals surface area contributed by atoms with E-state index in [1.165, 1.54) is 47.2 Å². The first-order chi connectivity index (χ1) is 12.7. The van der Waals surface area contributed by atoms with Crippen molar-refractivity contribution in [1.29, 1.82) is 0 Å². The highest BCUT2D eigenvalue weighted by Gasteiger charge is 2.29. The predicted octanol–water partition coefficient (Wildman–Crippen LogP) is 4.74. The number of nitrogens with zero attached hydrogens (tertiary/aromatic N) is 2. The lowest BCUT2D eigenvalue weighted by molar-refractivity contribution is -0.385. The van der Waals surface area contributed by atoms with Crippen LogP contribution in [0.3, 0.4) is 0 Å². The van der Waals surface area contributed by atoms with Gasteiger partial charge in [-0.3, -0.25) is 19.5 Å². The average Bonchev–Trinajstić information content (AvgIpc) is 2.60. The molecular weight excluding hydrogens is 361 g/mol. The quantitative estimate of drug-likeness (QED) is 0.491. The molecule has 0 spiro atoms. The molecule has 0 aliphatic heterocycles. The molecule has 138 valence electrons. The van der Waals surface area contributed by atoms with Gasteiger partial charge in [0.1, 0.15) is 0 Å². The van der Waals surface area contributed by atoms with Crippen molar-refractivity contribution in [2.24, 2.45) is 0 Å². The van der Waals surface area contributed by atoms with Gasteiger partial charge in [0.25, 0.3) is 11.2 Å². The number of hydrogen-bond donors (Lipinski definition) is 0. The third-order valence-electron chi connectivity index (χ3n) is 4.12. The Morgan fingerprint density at radius 3 is 2.15 bits per heavy atom. The number of alkyl halides is 3. The van der Waals surface area contributed by atoms with Gasteiger partial charge in [0, 0.05) is 29.6 Å². The van der Waals surface area contributed by atoms with Gasteiger partial charge in [-0.05, 0) is 48.4 Å². The summed E-state index contributed by atoms with van der Waals surface area (Å²) in [6.07, 6.45) is -2.94. The fourth-order valence-electron chi connectivity index (χ4n) is 2.72. The Bertz CT molecular complexity index is 1070. The van der Waals surface area contributed by atoms with Crippen LogP contribution in [0.2, 0.25) is 0 Å². The predicted molar refractivity (Wildman–Crippen MR) is 93.9 cm³/mol. The molecule has 3 rings (SSSR count).